The van der Waals surface area contributed by atoms with Crippen molar-refractivity contribution < 1.29 is 9.05 Å². The van der Waals surface area contributed by atoms with Gasteiger partial charge in [0.25, 0.3) is 0 Å². The molecule has 2 nitrogen and oxygen atoms in total. The second kappa shape index (κ2) is 4.64. The summed E-state index contributed by atoms with van der Waals surface area (Å²) in [5.74, 6) is 0. The lowest BCUT2D eigenvalue weighted by atomic mass is 10.1. The maximum atomic E-state index is 5.46. The molecule has 0 aliphatic heterocycles. The Kier molecular flexibility index (Phi) is 3.41. The van der Waals surface area contributed by atoms with Gasteiger partial charge in [-0.1, -0.05) is 36.4 Å². The third-order valence-corrected chi connectivity index (χ3v) is 5.97. The molecule has 0 N–H and O–H groups in total. The molecule has 0 fully saturated rings. The molecule has 2 rings (SSSR count). The topological polar surface area (TPSA) is 18.5 Å². The van der Waals surface area contributed by atoms with Crippen LogP contribution in [0.4, 0.5) is 0 Å². The van der Waals surface area contributed by atoms with Crippen molar-refractivity contribution in [3.8, 4) is 0 Å². The normalized spacial score (nSPS) is 11.9. The van der Waals surface area contributed by atoms with Gasteiger partial charge in [0.05, 0.1) is 0 Å². The highest BCUT2D eigenvalue weighted by atomic mass is 32.5. The first-order chi connectivity index (χ1) is 7.71. The van der Waals surface area contributed by atoms with Gasteiger partial charge in [-0.25, -0.2) is 0 Å². The summed E-state index contributed by atoms with van der Waals surface area (Å²) in [6.07, 6.45) is 0. The molecule has 0 saturated carbocycles. The van der Waals surface area contributed by atoms with Gasteiger partial charge in [0.2, 0.25) is 6.49 Å². The zero-order valence-corrected chi connectivity index (χ0v) is 10.9. The zero-order valence-electron chi connectivity index (χ0n) is 9.21. The van der Waals surface area contributed by atoms with Crippen LogP contribution >= 0.6 is 6.49 Å². The van der Waals surface area contributed by atoms with Crippen molar-refractivity contribution in [3.05, 3.63) is 42.5 Å². The van der Waals surface area contributed by atoms with Crippen LogP contribution in [0.25, 0.3) is 10.8 Å². The van der Waals surface area contributed by atoms with Gasteiger partial charge >= 0.3 is 0 Å². The van der Waals surface area contributed by atoms with E-state index >= 15 is 0 Å². The quantitative estimate of drug-likeness (QED) is 0.782. The number of hydrogen-bond donors (Lipinski definition) is 0. The fraction of sp³-hybridized carbons (Fsp3) is 0.167. The van der Waals surface area contributed by atoms with E-state index in [0.29, 0.717) is 0 Å². The summed E-state index contributed by atoms with van der Waals surface area (Å²) in [6.45, 7) is -2.35. The molecule has 0 heterocycles. The van der Waals surface area contributed by atoms with Crippen LogP contribution in [0.15, 0.2) is 42.5 Å². The first kappa shape index (κ1) is 11.7. The molecule has 0 aliphatic carbocycles. The lowest BCUT2D eigenvalue weighted by Crippen LogP contribution is -2.08. The molecule has 0 unspecified atom stereocenters. The molecule has 0 atom stereocenters. The summed E-state index contributed by atoms with van der Waals surface area (Å²) >= 11 is 5.46. The van der Waals surface area contributed by atoms with Crippen molar-refractivity contribution in [3.63, 3.8) is 0 Å². The minimum atomic E-state index is -2.35. The SMILES string of the molecule is COP(=S)(OC)c1cccc2ccccc12. The summed E-state index contributed by atoms with van der Waals surface area (Å²) in [7, 11) is 3.21. The van der Waals surface area contributed by atoms with Crippen molar-refractivity contribution in [2.75, 3.05) is 14.2 Å². The maximum absolute atomic E-state index is 5.46. The third-order valence-electron chi connectivity index (χ3n) is 2.54. The molecule has 2 aromatic rings. The summed E-state index contributed by atoms with van der Waals surface area (Å²) < 4.78 is 10.8. The average Bonchev–Trinajstić information content (AvgIpc) is 2.37. The fourth-order valence-electron chi connectivity index (χ4n) is 1.72. The molecule has 0 spiro atoms. The van der Waals surface area contributed by atoms with Crippen LogP contribution in [0.1, 0.15) is 0 Å². The molecule has 0 aromatic heterocycles. The molecule has 0 amide bonds. The van der Waals surface area contributed by atoms with Crippen LogP contribution in [0.3, 0.4) is 0 Å². The predicted octanol–water partition coefficient (Wildman–Crippen LogP) is 3.07. The van der Waals surface area contributed by atoms with E-state index in [1.54, 1.807) is 14.2 Å². The number of benzene rings is 2. The fourth-order valence-corrected chi connectivity index (χ4v) is 3.51. The summed E-state index contributed by atoms with van der Waals surface area (Å²) in [5, 5.41) is 3.24. The van der Waals surface area contributed by atoms with Gasteiger partial charge in [-0.2, -0.15) is 0 Å². The summed E-state index contributed by atoms with van der Waals surface area (Å²) in [5.41, 5.74) is 0. The zero-order chi connectivity index (χ0) is 11.6. The lowest BCUT2D eigenvalue weighted by molar-refractivity contribution is 0.347. The van der Waals surface area contributed by atoms with E-state index in [4.69, 9.17) is 20.9 Å². The highest BCUT2D eigenvalue weighted by Gasteiger charge is 2.20. The van der Waals surface area contributed by atoms with Gasteiger partial charge in [0.15, 0.2) is 0 Å². The summed E-state index contributed by atoms with van der Waals surface area (Å²) in [4.78, 5) is 0. The second-order valence-electron chi connectivity index (χ2n) is 3.36. The minimum Gasteiger partial charge on any atom is -0.329 e. The van der Waals surface area contributed by atoms with E-state index in [0.717, 1.165) is 16.1 Å². The summed E-state index contributed by atoms with van der Waals surface area (Å²) in [6, 6.07) is 14.1. The minimum absolute atomic E-state index is 0.977. The molecule has 0 saturated heterocycles. The van der Waals surface area contributed by atoms with Crippen LogP contribution in [-0.4, -0.2) is 14.2 Å². The van der Waals surface area contributed by atoms with Crippen molar-refractivity contribution in [1.82, 2.24) is 0 Å². The van der Waals surface area contributed by atoms with Crippen LogP contribution in [0, 0.1) is 0 Å². The van der Waals surface area contributed by atoms with Gasteiger partial charge in [-0.3, -0.25) is 0 Å². The average molecular weight is 252 g/mol. The maximum Gasteiger partial charge on any atom is 0.219 e. The number of hydrogen-bond acceptors (Lipinski definition) is 3. The number of rotatable bonds is 3. The monoisotopic (exact) mass is 252 g/mol. The Bertz CT molecular complexity index is 540. The van der Waals surface area contributed by atoms with Gasteiger partial charge in [-0.15, -0.1) is 0 Å². The van der Waals surface area contributed by atoms with Gasteiger partial charge < -0.3 is 9.05 Å². The van der Waals surface area contributed by atoms with Crippen LogP contribution in [-0.2, 0) is 20.9 Å². The Morgan fingerprint density at radius 2 is 1.56 bits per heavy atom. The van der Waals surface area contributed by atoms with Gasteiger partial charge in [0, 0.05) is 19.5 Å². The standard InChI is InChI=1S/C12H13O2PS/c1-13-15(16,14-2)12-9-5-7-10-6-3-4-8-11(10)12/h3-9H,1-2H3. The van der Waals surface area contributed by atoms with E-state index in [1.165, 1.54) is 0 Å². The molecular formula is C12H13O2PS. The van der Waals surface area contributed by atoms with Crippen LogP contribution < -0.4 is 5.30 Å². The van der Waals surface area contributed by atoms with E-state index in [-0.39, 0.29) is 0 Å². The first-order valence-electron chi connectivity index (χ1n) is 4.91. The van der Waals surface area contributed by atoms with Crippen LogP contribution in [0.5, 0.6) is 0 Å². The van der Waals surface area contributed by atoms with Crippen LogP contribution in [0.2, 0.25) is 0 Å². The lowest BCUT2D eigenvalue weighted by Gasteiger charge is -2.19. The van der Waals surface area contributed by atoms with E-state index in [2.05, 4.69) is 12.1 Å². The molecule has 4 heteroatoms. The molecule has 0 radical (unpaired) electrons. The Hall–Kier alpha value is -0.730. The Morgan fingerprint density at radius 3 is 2.25 bits per heavy atom. The molecule has 16 heavy (non-hydrogen) atoms. The van der Waals surface area contributed by atoms with Crippen molar-refractivity contribution in [1.29, 1.82) is 0 Å². The van der Waals surface area contributed by atoms with E-state index in [1.807, 2.05) is 30.3 Å². The largest absolute Gasteiger partial charge is 0.329 e. The first-order valence-corrected chi connectivity index (χ1v) is 7.55. The Morgan fingerprint density at radius 1 is 0.938 bits per heavy atom. The number of fused-ring (bicyclic) bond motifs is 1. The Labute approximate surface area is 100 Å². The van der Waals surface area contributed by atoms with Crippen molar-refractivity contribution in [2.24, 2.45) is 0 Å². The van der Waals surface area contributed by atoms with E-state index in [9.17, 15) is 0 Å². The third kappa shape index (κ3) is 1.92. The Balaban J connectivity index is 2.74. The smallest absolute Gasteiger partial charge is 0.219 e. The van der Waals surface area contributed by atoms with Crippen molar-refractivity contribution >= 4 is 34.4 Å². The molecule has 0 bridgehead atoms. The van der Waals surface area contributed by atoms with E-state index < -0.39 is 6.49 Å². The molecule has 0 aliphatic rings. The molecule has 84 valence electrons. The van der Waals surface area contributed by atoms with Crippen molar-refractivity contribution in [2.45, 2.75) is 0 Å². The van der Waals surface area contributed by atoms with Gasteiger partial charge in [0.1, 0.15) is 0 Å². The second-order valence-corrected chi connectivity index (χ2v) is 7.01. The molecular weight excluding hydrogens is 239 g/mol. The highest BCUT2D eigenvalue weighted by molar-refractivity contribution is 8.13. The highest BCUT2D eigenvalue weighted by Crippen LogP contribution is 2.47. The predicted molar refractivity (Wildman–Crippen MR) is 71.9 cm³/mol. The van der Waals surface area contributed by atoms with Gasteiger partial charge in [-0.05, 0) is 28.6 Å². The molecule has 2 aromatic carbocycles.